The van der Waals surface area contributed by atoms with Crippen LogP contribution in [0.25, 0.3) is 0 Å². The van der Waals surface area contributed by atoms with Gasteiger partial charge in [0.1, 0.15) is 5.82 Å². The molecule has 8 heteroatoms. The van der Waals surface area contributed by atoms with Crippen LogP contribution in [0.4, 0.5) is 28.8 Å². The van der Waals surface area contributed by atoms with Crippen molar-refractivity contribution in [1.82, 2.24) is 9.97 Å². The number of hydrazone groups is 1. The Balaban J connectivity index is 1.76. The van der Waals surface area contributed by atoms with Gasteiger partial charge in [-0.25, -0.2) is 4.98 Å². The summed E-state index contributed by atoms with van der Waals surface area (Å²) in [6.45, 7) is 3.40. The maximum Gasteiger partial charge on any atom is 0.248 e. The molecule has 0 saturated heterocycles. The van der Waals surface area contributed by atoms with Gasteiger partial charge in [0, 0.05) is 29.9 Å². The number of nitrogens with two attached hydrogens (primary N) is 1. The number of carbonyl (C=O) groups is 1. The average Bonchev–Trinajstić information content (AvgIpc) is 2.63. The zero-order chi connectivity index (χ0) is 18.4. The van der Waals surface area contributed by atoms with Crippen LogP contribution in [0.1, 0.15) is 10.4 Å². The molecule has 0 bridgehead atoms. The molecular weight excluding hydrogens is 330 g/mol. The fourth-order valence-corrected chi connectivity index (χ4v) is 2.27. The van der Waals surface area contributed by atoms with Crippen LogP contribution < -0.4 is 21.8 Å². The number of benzene rings is 2. The molecule has 0 spiro atoms. The smallest absolute Gasteiger partial charge is 0.248 e. The van der Waals surface area contributed by atoms with Gasteiger partial charge in [0.2, 0.25) is 11.9 Å². The molecule has 0 saturated carbocycles. The Labute approximate surface area is 150 Å². The van der Waals surface area contributed by atoms with E-state index in [4.69, 9.17) is 5.73 Å². The van der Waals surface area contributed by atoms with Crippen LogP contribution in [0, 0.1) is 0 Å². The maximum absolute atomic E-state index is 11.3. The van der Waals surface area contributed by atoms with E-state index in [-0.39, 0.29) is 0 Å². The van der Waals surface area contributed by atoms with Crippen LogP contribution in [0.5, 0.6) is 0 Å². The van der Waals surface area contributed by atoms with E-state index in [0.717, 1.165) is 11.4 Å². The molecule has 0 radical (unpaired) electrons. The number of nitrogens with zero attached hydrogens (tertiary/aromatic N) is 3. The number of amides is 1. The van der Waals surface area contributed by atoms with E-state index < -0.39 is 5.91 Å². The minimum atomic E-state index is -0.493. The van der Waals surface area contributed by atoms with Gasteiger partial charge in [-0.15, -0.1) is 0 Å². The molecule has 8 nitrogen and oxygen atoms in total. The lowest BCUT2D eigenvalue weighted by atomic mass is 10.2. The molecule has 130 valence electrons. The molecule has 2 aromatic carbocycles. The van der Waals surface area contributed by atoms with Crippen LogP contribution in [0.3, 0.4) is 0 Å². The van der Waals surface area contributed by atoms with Gasteiger partial charge < -0.3 is 16.4 Å². The van der Waals surface area contributed by atoms with Crippen LogP contribution in [0.2, 0.25) is 0 Å². The molecule has 0 atom stereocenters. The lowest BCUT2D eigenvalue weighted by Crippen LogP contribution is -2.11. The largest absolute Gasteiger partial charge is 0.366 e. The molecule has 3 aromatic rings. The summed E-state index contributed by atoms with van der Waals surface area (Å²) in [5.74, 6) is 0.503. The van der Waals surface area contributed by atoms with Gasteiger partial charge in [-0.2, -0.15) is 10.1 Å². The third-order valence-corrected chi connectivity index (χ3v) is 3.40. The standard InChI is InChI=1S/C18H17N7O/c1-20-25-15-7-3-6-14(11-15)22-16-8-9-21-18(24-16)23-13-5-2-4-12(10-13)17(19)26/h2-11,25H,1H2,(H2,19,26)(H2,21,22,23,24). The Morgan fingerprint density at radius 2 is 1.73 bits per heavy atom. The molecule has 26 heavy (non-hydrogen) atoms. The molecule has 0 aliphatic carbocycles. The molecule has 1 amide bonds. The normalized spacial score (nSPS) is 10.0. The molecular formula is C18H17N7O. The summed E-state index contributed by atoms with van der Waals surface area (Å²) >= 11 is 0. The molecule has 0 aliphatic rings. The summed E-state index contributed by atoms with van der Waals surface area (Å²) in [7, 11) is 0. The fraction of sp³-hybridized carbons (Fsp3) is 0. The second kappa shape index (κ2) is 7.75. The minimum Gasteiger partial charge on any atom is -0.366 e. The number of carbonyl (C=O) groups excluding carboxylic acids is 1. The first-order chi connectivity index (χ1) is 12.6. The summed E-state index contributed by atoms with van der Waals surface area (Å²) in [6.07, 6.45) is 1.63. The third-order valence-electron chi connectivity index (χ3n) is 3.40. The topological polar surface area (TPSA) is 117 Å². The van der Waals surface area contributed by atoms with Crippen molar-refractivity contribution in [2.24, 2.45) is 10.8 Å². The highest BCUT2D eigenvalue weighted by Gasteiger charge is 2.04. The van der Waals surface area contributed by atoms with E-state index >= 15 is 0 Å². The number of primary amides is 1. The zero-order valence-electron chi connectivity index (χ0n) is 13.8. The molecule has 1 heterocycles. The summed E-state index contributed by atoms with van der Waals surface area (Å²) in [5.41, 5.74) is 10.8. The highest BCUT2D eigenvalue weighted by Crippen LogP contribution is 2.20. The van der Waals surface area contributed by atoms with Crippen molar-refractivity contribution in [3.8, 4) is 0 Å². The van der Waals surface area contributed by atoms with Crippen LogP contribution in [-0.4, -0.2) is 22.6 Å². The number of anilines is 5. The van der Waals surface area contributed by atoms with Gasteiger partial charge in [-0.1, -0.05) is 12.1 Å². The summed E-state index contributed by atoms with van der Waals surface area (Å²) in [4.78, 5) is 19.9. The first-order valence-corrected chi connectivity index (χ1v) is 7.73. The Hall–Kier alpha value is -3.94. The van der Waals surface area contributed by atoms with Gasteiger partial charge in [-0.3, -0.25) is 10.2 Å². The lowest BCUT2D eigenvalue weighted by molar-refractivity contribution is 0.100. The third kappa shape index (κ3) is 4.32. The van der Waals surface area contributed by atoms with E-state index in [9.17, 15) is 4.79 Å². The Bertz CT molecular complexity index is 942. The van der Waals surface area contributed by atoms with Gasteiger partial charge in [-0.05, 0) is 42.5 Å². The van der Waals surface area contributed by atoms with Crippen LogP contribution >= 0.6 is 0 Å². The first kappa shape index (κ1) is 16.9. The predicted octanol–water partition coefficient (Wildman–Crippen LogP) is 3.09. The van der Waals surface area contributed by atoms with E-state index in [1.807, 2.05) is 24.3 Å². The number of aromatic nitrogens is 2. The Morgan fingerprint density at radius 1 is 1.00 bits per heavy atom. The highest BCUT2D eigenvalue weighted by atomic mass is 16.1. The number of rotatable bonds is 7. The SMILES string of the molecule is C=NNc1cccc(Nc2ccnc(Nc3cccc(C(N)=O)c3)n2)c1. The number of nitrogens with one attached hydrogen (secondary N) is 3. The second-order valence-electron chi connectivity index (χ2n) is 5.31. The zero-order valence-corrected chi connectivity index (χ0v) is 13.8. The second-order valence-corrected chi connectivity index (χ2v) is 5.31. The van der Waals surface area contributed by atoms with Crippen molar-refractivity contribution in [3.63, 3.8) is 0 Å². The molecule has 5 N–H and O–H groups in total. The Kier molecular flexibility index (Phi) is 5.04. The van der Waals surface area contributed by atoms with E-state index in [0.29, 0.717) is 23.0 Å². The van der Waals surface area contributed by atoms with Crippen molar-refractivity contribution >= 4 is 41.5 Å². The van der Waals surface area contributed by atoms with Crippen LogP contribution in [0.15, 0.2) is 65.9 Å². The monoisotopic (exact) mass is 347 g/mol. The maximum atomic E-state index is 11.3. The van der Waals surface area contributed by atoms with Crippen molar-refractivity contribution in [2.45, 2.75) is 0 Å². The van der Waals surface area contributed by atoms with Gasteiger partial charge in [0.05, 0.1) is 5.69 Å². The average molecular weight is 347 g/mol. The Morgan fingerprint density at radius 3 is 2.50 bits per heavy atom. The van der Waals surface area contributed by atoms with Gasteiger partial charge in [0.15, 0.2) is 0 Å². The van der Waals surface area contributed by atoms with Crippen molar-refractivity contribution in [2.75, 3.05) is 16.1 Å². The molecule has 1 aromatic heterocycles. The van der Waals surface area contributed by atoms with E-state index in [1.165, 1.54) is 0 Å². The number of hydrogen-bond donors (Lipinski definition) is 4. The molecule has 0 aliphatic heterocycles. The van der Waals surface area contributed by atoms with Gasteiger partial charge in [0.25, 0.3) is 0 Å². The summed E-state index contributed by atoms with van der Waals surface area (Å²) < 4.78 is 0. The van der Waals surface area contributed by atoms with E-state index in [2.05, 4.69) is 37.8 Å². The van der Waals surface area contributed by atoms with E-state index in [1.54, 1.807) is 36.5 Å². The molecule has 0 unspecified atom stereocenters. The van der Waals surface area contributed by atoms with Crippen molar-refractivity contribution in [3.05, 3.63) is 66.4 Å². The quantitative estimate of drug-likeness (QED) is 0.385. The predicted molar refractivity (Wildman–Crippen MR) is 103 cm³/mol. The minimum absolute atomic E-state index is 0.388. The molecule has 3 rings (SSSR count). The fourth-order valence-electron chi connectivity index (χ4n) is 2.27. The summed E-state index contributed by atoms with van der Waals surface area (Å²) in [5, 5.41) is 9.88. The molecule has 0 fully saturated rings. The number of hydrogen-bond acceptors (Lipinski definition) is 7. The highest BCUT2D eigenvalue weighted by molar-refractivity contribution is 5.93. The first-order valence-electron chi connectivity index (χ1n) is 7.73. The van der Waals surface area contributed by atoms with Gasteiger partial charge >= 0.3 is 0 Å². The van der Waals surface area contributed by atoms with Crippen molar-refractivity contribution < 1.29 is 4.79 Å². The van der Waals surface area contributed by atoms with Crippen molar-refractivity contribution in [1.29, 1.82) is 0 Å². The lowest BCUT2D eigenvalue weighted by Gasteiger charge is -2.10. The summed E-state index contributed by atoms with van der Waals surface area (Å²) in [6, 6.07) is 16.1. The van der Waals surface area contributed by atoms with Crippen LogP contribution in [-0.2, 0) is 0 Å².